The first-order valence-corrected chi connectivity index (χ1v) is 4.04. The highest BCUT2D eigenvalue weighted by atomic mass is 14.7. The molecule has 3 heteroatoms. The number of rotatable bonds is 3. The molecule has 0 aliphatic rings. The average Bonchev–Trinajstić information content (AvgIpc) is 2.19. The lowest BCUT2D eigenvalue weighted by atomic mass is 9.99. The van der Waals surface area contributed by atoms with Crippen LogP contribution in [-0.2, 0) is 6.54 Å². The van der Waals surface area contributed by atoms with Crippen LogP contribution in [0.5, 0.6) is 0 Å². The molecule has 1 aromatic rings. The summed E-state index contributed by atoms with van der Waals surface area (Å²) in [5.74, 6) is 0. The van der Waals surface area contributed by atoms with Gasteiger partial charge in [0.15, 0.2) is 0 Å². The van der Waals surface area contributed by atoms with Crippen molar-refractivity contribution in [1.29, 1.82) is 0 Å². The fourth-order valence-corrected chi connectivity index (χ4v) is 0.883. The second-order valence-corrected chi connectivity index (χ2v) is 2.62. The van der Waals surface area contributed by atoms with Crippen molar-refractivity contribution in [3.05, 3.63) is 47.6 Å². The molecule has 0 unspecified atom stereocenters. The molecule has 2 radical (unpaired) electrons. The van der Waals surface area contributed by atoms with Crippen LogP contribution in [0.15, 0.2) is 47.0 Å². The zero-order valence-corrected chi connectivity index (χ0v) is 7.35. The summed E-state index contributed by atoms with van der Waals surface area (Å²) >= 11 is 0. The molecule has 0 saturated heterocycles. The first kappa shape index (κ1) is 9.58. The summed E-state index contributed by atoms with van der Waals surface area (Å²) in [5, 5.41) is 0. The molecule has 0 bridgehead atoms. The van der Waals surface area contributed by atoms with Crippen molar-refractivity contribution in [2.45, 2.75) is 6.54 Å². The van der Waals surface area contributed by atoms with E-state index in [0.717, 1.165) is 5.56 Å². The number of benzene rings is 1. The first-order chi connectivity index (χ1) is 6.33. The predicted octanol–water partition coefficient (Wildman–Crippen LogP) is 1.23. The second-order valence-electron chi connectivity index (χ2n) is 2.62. The van der Waals surface area contributed by atoms with E-state index in [-0.39, 0.29) is 0 Å². The van der Waals surface area contributed by atoms with E-state index in [1.54, 1.807) is 6.21 Å². The lowest BCUT2D eigenvalue weighted by molar-refractivity contribution is 1.08. The molecule has 0 amide bonds. The molecule has 0 fully saturated rings. The molecule has 0 aliphatic carbocycles. The van der Waals surface area contributed by atoms with E-state index >= 15 is 0 Å². The summed E-state index contributed by atoms with van der Waals surface area (Å²) in [4.78, 5) is 4.11. The van der Waals surface area contributed by atoms with E-state index in [1.165, 1.54) is 6.20 Å². The van der Waals surface area contributed by atoms with Gasteiger partial charge in [-0.1, -0.05) is 35.8 Å². The topological polar surface area (TPSA) is 38.4 Å². The molecule has 0 spiro atoms. The molecule has 1 aromatic carbocycles. The Bertz CT molecular complexity index is 304. The Morgan fingerprint density at radius 1 is 1.38 bits per heavy atom. The van der Waals surface area contributed by atoms with Gasteiger partial charge < -0.3 is 5.73 Å². The van der Waals surface area contributed by atoms with Crippen LogP contribution < -0.4 is 5.73 Å². The Kier molecular flexibility index (Phi) is 3.83. The minimum absolute atomic E-state index is 0.482. The lowest BCUT2D eigenvalue weighted by Crippen LogP contribution is -1.90. The largest absolute Gasteiger partial charge is 0.405 e. The molecule has 0 aromatic heterocycles. The third kappa shape index (κ3) is 3.60. The maximum Gasteiger partial charge on any atom is 0.117 e. The zero-order chi connectivity index (χ0) is 9.52. The lowest BCUT2D eigenvalue weighted by Gasteiger charge is -1.94. The summed E-state index contributed by atoms with van der Waals surface area (Å²) in [5.41, 5.74) is 6.81. The number of allylic oxidation sites excluding steroid dienone is 1. The van der Waals surface area contributed by atoms with E-state index in [9.17, 15) is 0 Å². The van der Waals surface area contributed by atoms with Crippen LogP contribution in [0.3, 0.4) is 0 Å². The minimum atomic E-state index is 0.482. The molecule has 1 rings (SSSR count). The van der Waals surface area contributed by atoms with E-state index < -0.39 is 0 Å². The zero-order valence-electron chi connectivity index (χ0n) is 7.35. The van der Waals surface area contributed by atoms with Gasteiger partial charge in [0.25, 0.3) is 0 Å². The normalized spacial score (nSPS) is 12.2. The quantitative estimate of drug-likeness (QED) is 0.537. The molecule has 2 nitrogen and oxygen atoms in total. The molecule has 0 aliphatic heterocycles. The first-order valence-electron chi connectivity index (χ1n) is 4.04. The van der Waals surface area contributed by atoms with Crippen molar-refractivity contribution in [3.8, 4) is 0 Å². The van der Waals surface area contributed by atoms with Crippen LogP contribution in [0.1, 0.15) is 5.56 Å². The Hall–Kier alpha value is -1.51. The van der Waals surface area contributed by atoms with Gasteiger partial charge in [-0.15, -0.1) is 0 Å². The fourth-order valence-electron chi connectivity index (χ4n) is 0.883. The van der Waals surface area contributed by atoms with Gasteiger partial charge in [-0.05, 0) is 11.8 Å². The molecule has 2 N–H and O–H groups in total. The van der Waals surface area contributed by atoms with Gasteiger partial charge in [-0.3, -0.25) is 4.99 Å². The summed E-state index contributed by atoms with van der Waals surface area (Å²) in [6.07, 6.45) is 2.89. The predicted molar refractivity (Wildman–Crippen MR) is 56.7 cm³/mol. The number of nitrogens with two attached hydrogens (primary N) is 1. The van der Waals surface area contributed by atoms with Gasteiger partial charge in [0.1, 0.15) is 7.85 Å². The van der Waals surface area contributed by atoms with Gasteiger partial charge in [0, 0.05) is 6.21 Å². The Morgan fingerprint density at radius 2 is 2.08 bits per heavy atom. The summed E-state index contributed by atoms with van der Waals surface area (Å²) < 4.78 is 0. The van der Waals surface area contributed by atoms with Crippen LogP contribution in [0.25, 0.3) is 0 Å². The molecule has 0 atom stereocenters. The van der Waals surface area contributed by atoms with Crippen molar-refractivity contribution in [2.75, 3.05) is 0 Å². The SMILES string of the molecule is [B]/C(C=NCc1ccccc1)=C/N. The molecule has 64 valence electrons. The monoisotopic (exact) mass is 170 g/mol. The smallest absolute Gasteiger partial charge is 0.117 e. The highest BCUT2D eigenvalue weighted by Gasteiger charge is 1.85. The Balaban J connectivity index is 2.48. The minimum Gasteiger partial charge on any atom is -0.405 e. The van der Waals surface area contributed by atoms with Crippen molar-refractivity contribution in [1.82, 2.24) is 0 Å². The third-order valence-electron chi connectivity index (χ3n) is 1.55. The van der Waals surface area contributed by atoms with E-state index in [1.807, 2.05) is 30.3 Å². The van der Waals surface area contributed by atoms with Gasteiger partial charge in [0.05, 0.1) is 6.54 Å². The highest BCUT2D eigenvalue weighted by molar-refractivity contribution is 6.32. The van der Waals surface area contributed by atoms with Crippen molar-refractivity contribution >= 4 is 14.1 Å². The Morgan fingerprint density at radius 3 is 2.69 bits per heavy atom. The summed E-state index contributed by atoms with van der Waals surface area (Å²) in [6.45, 7) is 0.634. The molecule has 13 heavy (non-hydrogen) atoms. The molecule has 0 heterocycles. The fraction of sp³-hybridized carbons (Fsp3) is 0.100. The molecule has 0 saturated carbocycles. The van der Waals surface area contributed by atoms with E-state index in [0.29, 0.717) is 12.0 Å². The van der Waals surface area contributed by atoms with E-state index in [4.69, 9.17) is 13.6 Å². The maximum absolute atomic E-state index is 5.42. The number of nitrogens with zero attached hydrogens (tertiary/aromatic N) is 1. The van der Waals surface area contributed by atoms with E-state index in [2.05, 4.69) is 4.99 Å². The number of hydrogen-bond donors (Lipinski definition) is 1. The van der Waals surface area contributed by atoms with Crippen LogP contribution in [0, 0.1) is 0 Å². The highest BCUT2D eigenvalue weighted by Crippen LogP contribution is 1.99. The second kappa shape index (κ2) is 5.20. The van der Waals surface area contributed by atoms with Crippen LogP contribution in [-0.4, -0.2) is 14.1 Å². The van der Waals surface area contributed by atoms with Crippen molar-refractivity contribution in [3.63, 3.8) is 0 Å². The van der Waals surface area contributed by atoms with Crippen molar-refractivity contribution in [2.24, 2.45) is 10.7 Å². The van der Waals surface area contributed by atoms with Crippen LogP contribution in [0.2, 0.25) is 0 Å². The van der Waals surface area contributed by atoms with Gasteiger partial charge in [0.2, 0.25) is 0 Å². The van der Waals surface area contributed by atoms with Gasteiger partial charge in [-0.2, -0.15) is 0 Å². The van der Waals surface area contributed by atoms with Crippen molar-refractivity contribution < 1.29 is 0 Å². The average molecular weight is 170 g/mol. The number of hydrogen-bond acceptors (Lipinski definition) is 2. The van der Waals surface area contributed by atoms with Crippen LogP contribution >= 0.6 is 0 Å². The molecular weight excluding hydrogens is 159 g/mol. The summed E-state index contributed by atoms with van der Waals surface area (Å²) in [7, 11) is 5.42. The van der Waals surface area contributed by atoms with Crippen LogP contribution in [0.4, 0.5) is 0 Å². The Labute approximate surface area is 79.6 Å². The molecular formula is C10H11BN2. The standard InChI is InChI=1S/C10H11BN2/c11-10(6-12)8-13-7-9-4-2-1-3-5-9/h1-6,8H,7,12H2/b10-6+,13-8?. The maximum atomic E-state index is 5.42. The van der Waals surface area contributed by atoms with Gasteiger partial charge in [-0.25, -0.2) is 0 Å². The summed E-state index contributed by atoms with van der Waals surface area (Å²) in [6, 6.07) is 9.96. The third-order valence-corrected chi connectivity index (χ3v) is 1.55. The van der Waals surface area contributed by atoms with Gasteiger partial charge >= 0.3 is 0 Å². The number of aliphatic imine (C=N–C) groups is 1.